The summed E-state index contributed by atoms with van der Waals surface area (Å²) in [5.74, 6) is 0.279. The molecule has 0 fully saturated rings. The minimum Gasteiger partial charge on any atom is -0.489 e. The van der Waals surface area contributed by atoms with E-state index in [1.165, 1.54) is 6.07 Å². The van der Waals surface area contributed by atoms with E-state index in [1.807, 2.05) is 0 Å². The number of rotatable bonds is 3. The predicted octanol–water partition coefficient (Wildman–Crippen LogP) is 3.64. The van der Waals surface area contributed by atoms with Gasteiger partial charge in [-0.1, -0.05) is 29.8 Å². The van der Waals surface area contributed by atoms with Crippen LogP contribution in [0.1, 0.15) is 5.56 Å². The van der Waals surface area contributed by atoms with Crippen LogP contribution in [0.3, 0.4) is 0 Å². The van der Waals surface area contributed by atoms with Gasteiger partial charge < -0.3 is 10.5 Å². The van der Waals surface area contributed by atoms with Crippen LogP contribution in [-0.2, 0) is 6.61 Å². The Hall–Kier alpha value is -1.74. The quantitative estimate of drug-likeness (QED) is 0.846. The molecule has 2 aromatic carbocycles. The van der Waals surface area contributed by atoms with Gasteiger partial charge in [0.2, 0.25) is 0 Å². The summed E-state index contributed by atoms with van der Waals surface area (Å²) in [6.45, 7) is 0.160. The molecule has 0 aliphatic rings. The Morgan fingerprint density at radius 3 is 2.65 bits per heavy atom. The lowest BCUT2D eigenvalue weighted by Crippen LogP contribution is -1.98. The Balaban J connectivity index is 2.08. The maximum Gasteiger partial charge on any atom is 0.129 e. The molecule has 0 aliphatic heterocycles. The second-order valence-corrected chi connectivity index (χ2v) is 3.97. The van der Waals surface area contributed by atoms with Crippen LogP contribution in [0.4, 0.5) is 10.1 Å². The van der Waals surface area contributed by atoms with E-state index in [1.54, 1.807) is 36.4 Å². The van der Waals surface area contributed by atoms with Crippen molar-refractivity contribution in [3.8, 4) is 5.75 Å². The third-order valence-corrected chi connectivity index (χ3v) is 2.65. The van der Waals surface area contributed by atoms with Gasteiger partial charge in [0.15, 0.2) is 0 Å². The summed E-state index contributed by atoms with van der Waals surface area (Å²) in [5, 5.41) is 0.427. The Kier molecular flexibility index (Phi) is 3.49. The van der Waals surface area contributed by atoms with Crippen molar-refractivity contribution in [2.45, 2.75) is 6.61 Å². The van der Waals surface area contributed by atoms with Gasteiger partial charge in [0.05, 0.1) is 10.7 Å². The van der Waals surface area contributed by atoms with E-state index in [0.29, 0.717) is 22.0 Å². The number of anilines is 1. The minimum atomic E-state index is -0.283. The number of benzene rings is 2. The van der Waals surface area contributed by atoms with Crippen molar-refractivity contribution in [1.82, 2.24) is 0 Å². The van der Waals surface area contributed by atoms with Gasteiger partial charge in [0.25, 0.3) is 0 Å². The Morgan fingerprint density at radius 2 is 1.94 bits per heavy atom. The van der Waals surface area contributed by atoms with E-state index in [4.69, 9.17) is 22.1 Å². The molecule has 88 valence electrons. The summed E-state index contributed by atoms with van der Waals surface area (Å²) in [6.07, 6.45) is 0. The van der Waals surface area contributed by atoms with Gasteiger partial charge in [0.1, 0.15) is 18.2 Å². The van der Waals surface area contributed by atoms with Crippen molar-refractivity contribution >= 4 is 17.3 Å². The van der Waals surface area contributed by atoms with Gasteiger partial charge in [-0.3, -0.25) is 0 Å². The van der Waals surface area contributed by atoms with E-state index < -0.39 is 0 Å². The highest BCUT2D eigenvalue weighted by molar-refractivity contribution is 6.33. The average molecular weight is 252 g/mol. The monoisotopic (exact) mass is 251 g/mol. The fourth-order valence-corrected chi connectivity index (χ4v) is 1.54. The maximum atomic E-state index is 13.3. The van der Waals surface area contributed by atoms with E-state index in [0.717, 1.165) is 0 Å². The van der Waals surface area contributed by atoms with E-state index in [2.05, 4.69) is 0 Å². The lowest BCUT2D eigenvalue weighted by Gasteiger charge is -2.08. The van der Waals surface area contributed by atoms with E-state index in [-0.39, 0.29) is 12.4 Å². The van der Waals surface area contributed by atoms with Crippen LogP contribution in [0.25, 0.3) is 0 Å². The Morgan fingerprint density at radius 1 is 1.18 bits per heavy atom. The highest BCUT2D eigenvalue weighted by atomic mass is 35.5. The molecule has 0 aliphatic carbocycles. The maximum absolute atomic E-state index is 13.3. The second kappa shape index (κ2) is 5.06. The molecule has 0 amide bonds. The molecule has 0 saturated carbocycles. The molecule has 0 bridgehead atoms. The molecule has 2 nitrogen and oxygen atoms in total. The summed E-state index contributed by atoms with van der Waals surface area (Å²) in [4.78, 5) is 0. The molecule has 0 atom stereocenters. The summed E-state index contributed by atoms with van der Waals surface area (Å²) < 4.78 is 18.7. The van der Waals surface area contributed by atoms with Crippen LogP contribution in [0.15, 0.2) is 42.5 Å². The molecule has 0 aromatic heterocycles. The predicted molar refractivity (Wildman–Crippen MR) is 66.6 cm³/mol. The molecule has 4 heteroatoms. The lowest BCUT2D eigenvalue weighted by molar-refractivity contribution is 0.300. The molecule has 0 radical (unpaired) electrons. The first-order valence-electron chi connectivity index (χ1n) is 5.08. The smallest absolute Gasteiger partial charge is 0.129 e. The molecule has 0 heterocycles. The summed E-state index contributed by atoms with van der Waals surface area (Å²) in [7, 11) is 0. The first-order chi connectivity index (χ1) is 8.16. The minimum absolute atomic E-state index is 0.160. The molecule has 0 saturated heterocycles. The highest BCUT2D eigenvalue weighted by Gasteiger charge is 2.03. The van der Waals surface area contributed by atoms with Crippen molar-refractivity contribution in [2.75, 3.05) is 5.73 Å². The summed E-state index contributed by atoms with van der Waals surface area (Å²) in [6, 6.07) is 11.4. The van der Waals surface area contributed by atoms with E-state index in [9.17, 15) is 4.39 Å². The molecule has 2 aromatic rings. The average Bonchev–Trinajstić information content (AvgIpc) is 2.32. The third kappa shape index (κ3) is 2.88. The van der Waals surface area contributed by atoms with Crippen molar-refractivity contribution < 1.29 is 9.13 Å². The van der Waals surface area contributed by atoms with Gasteiger partial charge in [-0.05, 0) is 18.2 Å². The standard InChI is InChI=1S/C13H11ClFNO/c14-11-7-10(5-6-13(11)16)17-8-9-3-1-2-4-12(9)15/h1-7H,8,16H2. The molecule has 0 unspecified atom stereocenters. The SMILES string of the molecule is Nc1ccc(OCc2ccccc2F)cc1Cl. The van der Waals surface area contributed by atoms with Crippen LogP contribution in [-0.4, -0.2) is 0 Å². The number of halogens is 2. The van der Waals surface area contributed by atoms with Crippen LogP contribution in [0.2, 0.25) is 5.02 Å². The number of hydrogen-bond donors (Lipinski definition) is 1. The zero-order valence-corrected chi connectivity index (χ0v) is 9.75. The summed E-state index contributed by atoms with van der Waals surface area (Å²) in [5.41, 5.74) is 6.56. The zero-order chi connectivity index (χ0) is 12.3. The lowest BCUT2D eigenvalue weighted by atomic mass is 10.2. The summed E-state index contributed by atoms with van der Waals surface area (Å²) >= 11 is 5.85. The molecular formula is C13H11ClFNO. The molecule has 2 N–H and O–H groups in total. The van der Waals surface area contributed by atoms with Crippen molar-refractivity contribution in [3.63, 3.8) is 0 Å². The second-order valence-electron chi connectivity index (χ2n) is 3.56. The highest BCUT2D eigenvalue weighted by Crippen LogP contribution is 2.24. The van der Waals surface area contributed by atoms with Gasteiger partial charge >= 0.3 is 0 Å². The van der Waals surface area contributed by atoms with Crippen LogP contribution >= 0.6 is 11.6 Å². The first-order valence-corrected chi connectivity index (χ1v) is 5.46. The Bertz CT molecular complexity index is 531. The molecule has 0 spiro atoms. The van der Waals surface area contributed by atoms with Crippen molar-refractivity contribution in [3.05, 3.63) is 58.9 Å². The van der Waals surface area contributed by atoms with Crippen molar-refractivity contribution in [1.29, 1.82) is 0 Å². The van der Waals surface area contributed by atoms with E-state index >= 15 is 0 Å². The normalized spacial score (nSPS) is 10.2. The largest absolute Gasteiger partial charge is 0.489 e. The fraction of sp³-hybridized carbons (Fsp3) is 0.0769. The van der Waals surface area contributed by atoms with Gasteiger partial charge in [-0.2, -0.15) is 0 Å². The number of ether oxygens (including phenoxy) is 1. The molecule has 2 rings (SSSR count). The van der Waals surface area contributed by atoms with Crippen LogP contribution < -0.4 is 10.5 Å². The fourth-order valence-electron chi connectivity index (χ4n) is 1.37. The topological polar surface area (TPSA) is 35.2 Å². The van der Waals surface area contributed by atoms with Gasteiger partial charge in [-0.15, -0.1) is 0 Å². The van der Waals surface area contributed by atoms with Crippen molar-refractivity contribution in [2.24, 2.45) is 0 Å². The molecular weight excluding hydrogens is 241 g/mol. The first kappa shape index (κ1) is 11.7. The number of nitrogen functional groups attached to an aromatic ring is 1. The van der Waals surface area contributed by atoms with Gasteiger partial charge in [0, 0.05) is 11.6 Å². The number of hydrogen-bond acceptors (Lipinski definition) is 2. The zero-order valence-electron chi connectivity index (χ0n) is 8.99. The van der Waals surface area contributed by atoms with Crippen LogP contribution in [0, 0.1) is 5.82 Å². The Labute approximate surface area is 104 Å². The third-order valence-electron chi connectivity index (χ3n) is 2.32. The number of nitrogens with two attached hydrogens (primary N) is 1. The molecule has 17 heavy (non-hydrogen) atoms. The van der Waals surface area contributed by atoms with Crippen LogP contribution in [0.5, 0.6) is 5.75 Å². The van der Waals surface area contributed by atoms with Gasteiger partial charge in [-0.25, -0.2) is 4.39 Å².